The van der Waals surface area contributed by atoms with E-state index in [2.05, 4.69) is 10.2 Å². The number of benzene rings is 2. The van der Waals surface area contributed by atoms with Gasteiger partial charge in [-0.3, -0.25) is 9.59 Å². The van der Waals surface area contributed by atoms with Gasteiger partial charge in [-0.25, -0.2) is 0 Å². The second kappa shape index (κ2) is 9.02. The molecule has 1 N–H and O–H groups in total. The van der Waals surface area contributed by atoms with Crippen molar-refractivity contribution in [3.8, 4) is 0 Å². The summed E-state index contributed by atoms with van der Waals surface area (Å²) in [6, 6.07) is 12.4. The molecule has 2 amide bonds. The van der Waals surface area contributed by atoms with Gasteiger partial charge in [0.15, 0.2) is 0 Å². The number of likely N-dealkylation sites (tertiary alicyclic amines) is 1. The van der Waals surface area contributed by atoms with E-state index in [1.165, 1.54) is 44.9 Å². The first-order valence-corrected chi connectivity index (χ1v) is 12.4. The van der Waals surface area contributed by atoms with Crippen LogP contribution >= 0.6 is 0 Å². The first kappa shape index (κ1) is 20.5. The van der Waals surface area contributed by atoms with Crippen molar-refractivity contribution in [3.63, 3.8) is 0 Å². The van der Waals surface area contributed by atoms with Crippen LogP contribution in [0.5, 0.6) is 0 Å². The highest BCUT2D eigenvalue weighted by Gasteiger charge is 2.36. The first-order chi connectivity index (χ1) is 15.2. The second-order valence-electron chi connectivity index (χ2n) is 9.77. The van der Waals surface area contributed by atoms with Gasteiger partial charge in [0, 0.05) is 29.8 Å². The van der Waals surface area contributed by atoms with Crippen LogP contribution in [0, 0.1) is 5.92 Å². The zero-order valence-electron chi connectivity index (χ0n) is 18.4. The van der Waals surface area contributed by atoms with Crippen molar-refractivity contribution in [3.05, 3.63) is 47.5 Å². The van der Waals surface area contributed by atoms with Crippen molar-refractivity contribution < 1.29 is 9.59 Å². The van der Waals surface area contributed by atoms with Crippen molar-refractivity contribution >= 4 is 22.6 Å². The average Bonchev–Trinajstić information content (AvgIpc) is 2.83. The molecule has 0 radical (unpaired) electrons. The quantitative estimate of drug-likeness (QED) is 0.695. The Balaban J connectivity index is 1.44. The molecule has 2 saturated carbocycles. The highest BCUT2D eigenvalue weighted by molar-refractivity contribution is 6.14. The summed E-state index contributed by atoms with van der Waals surface area (Å²) in [5, 5.41) is 5.03. The van der Waals surface area contributed by atoms with E-state index in [9.17, 15) is 9.59 Å². The molecule has 1 heterocycles. The Hall–Kier alpha value is -2.36. The third kappa shape index (κ3) is 4.09. The van der Waals surface area contributed by atoms with Crippen molar-refractivity contribution in [2.75, 3.05) is 6.54 Å². The Morgan fingerprint density at radius 3 is 2.19 bits per heavy atom. The third-order valence-corrected chi connectivity index (χ3v) is 7.84. The summed E-state index contributed by atoms with van der Waals surface area (Å²) < 4.78 is 0. The number of carbonyl (C=O) groups excluding carboxylic acids is 2. The summed E-state index contributed by atoms with van der Waals surface area (Å²) in [6.45, 7) is 0.859. The predicted molar refractivity (Wildman–Crippen MR) is 124 cm³/mol. The molecule has 4 nitrogen and oxygen atoms in total. The van der Waals surface area contributed by atoms with Crippen LogP contribution in [0.25, 0.3) is 10.8 Å². The van der Waals surface area contributed by atoms with Crippen molar-refractivity contribution in [1.82, 2.24) is 10.2 Å². The molecule has 31 heavy (non-hydrogen) atoms. The Kier molecular flexibility index (Phi) is 5.97. The summed E-state index contributed by atoms with van der Waals surface area (Å²) in [6.07, 6.45) is 13.1. The van der Waals surface area contributed by atoms with Crippen LogP contribution in [-0.4, -0.2) is 35.3 Å². The molecule has 3 aliphatic rings. The first-order valence-electron chi connectivity index (χ1n) is 12.4. The number of amides is 2. The lowest BCUT2D eigenvalue weighted by atomic mass is 9.78. The molecule has 0 unspecified atom stereocenters. The maximum atomic E-state index is 13.7. The fourth-order valence-electron chi connectivity index (χ4n) is 6.23. The molecule has 4 heteroatoms. The molecule has 0 aromatic heterocycles. The molecule has 0 bridgehead atoms. The molecule has 1 saturated heterocycles. The van der Waals surface area contributed by atoms with Gasteiger partial charge in [-0.2, -0.15) is 0 Å². The Morgan fingerprint density at radius 2 is 1.39 bits per heavy atom. The molecular formula is C27H34N2O2. The summed E-state index contributed by atoms with van der Waals surface area (Å²) >= 11 is 0. The van der Waals surface area contributed by atoms with Crippen LogP contribution in [0.4, 0.5) is 0 Å². The van der Waals surface area contributed by atoms with Crippen LogP contribution in [-0.2, 0) is 0 Å². The largest absolute Gasteiger partial charge is 0.349 e. The minimum absolute atomic E-state index is 0.00702. The monoisotopic (exact) mass is 418 g/mol. The van der Waals surface area contributed by atoms with Crippen LogP contribution in [0.15, 0.2) is 36.4 Å². The smallest absolute Gasteiger partial charge is 0.254 e. The van der Waals surface area contributed by atoms with Crippen LogP contribution < -0.4 is 5.32 Å². The summed E-state index contributed by atoms with van der Waals surface area (Å²) in [5.74, 6) is 0.803. The van der Waals surface area contributed by atoms with Crippen molar-refractivity contribution in [2.24, 2.45) is 5.92 Å². The number of hydrogen-bond acceptors (Lipinski definition) is 2. The standard InChI is InChI=1S/C27H34N2O2/c30-26(28-20-11-2-1-3-12-20)23-16-17-24(22-14-6-5-13-21(22)23)27(31)29-18-8-10-19-9-4-7-15-25(19)29/h5-6,13-14,16-17,19-20,25H,1-4,7-12,15,18H2,(H,28,30)/t19-,25-/m0/s1. The minimum atomic E-state index is -0.00702. The number of hydrogen-bond donors (Lipinski definition) is 1. The van der Waals surface area contributed by atoms with E-state index >= 15 is 0 Å². The van der Waals surface area contributed by atoms with Gasteiger partial charge in [-0.05, 0) is 67.3 Å². The van der Waals surface area contributed by atoms with Crippen molar-refractivity contribution in [1.29, 1.82) is 0 Å². The van der Waals surface area contributed by atoms with Gasteiger partial charge >= 0.3 is 0 Å². The molecule has 1 aliphatic heterocycles. The van der Waals surface area contributed by atoms with E-state index < -0.39 is 0 Å². The van der Waals surface area contributed by atoms with E-state index in [0.717, 1.165) is 48.6 Å². The predicted octanol–water partition coefficient (Wildman–Crippen LogP) is 5.70. The van der Waals surface area contributed by atoms with Gasteiger partial charge in [-0.1, -0.05) is 56.4 Å². The number of nitrogens with zero attached hydrogens (tertiary/aromatic N) is 1. The van der Waals surface area contributed by atoms with E-state index in [4.69, 9.17) is 0 Å². The fourth-order valence-corrected chi connectivity index (χ4v) is 6.23. The Bertz CT molecular complexity index is 961. The molecule has 2 aliphatic carbocycles. The number of carbonyl (C=O) groups is 2. The van der Waals surface area contributed by atoms with Gasteiger partial charge in [-0.15, -0.1) is 0 Å². The second-order valence-corrected chi connectivity index (χ2v) is 9.77. The van der Waals surface area contributed by atoms with Crippen molar-refractivity contribution in [2.45, 2.75) is 82.7 Å². The lowest BCUT2D eigenvalue weighted by molar-refractivity contribution is 0.0392. The average molecular weight is 419 g/mol. The van der Waals surface area contributed by atoms with Gasteiger partial charge in [0.05, 0.1) is 0 Å². The summed E-state index contributed by atoms with van der Waals surface area (Å²) in [7, 11) is 0. The summed E-state index contributed by atoms with van der Waals surface area (Å²) in [4.78, 5) is 28.9. The maximum absolute atomic E-state index is 13.7. The molecule has 2 aromatic rings. The van der Waals surface area contributed by atoms with Gasteiger partial charge in [0.2, 0.25) is 0 Å². The Morgan fingerprint density at radius 1 is 0.742 bits per heavy atom. The number of nitrogens with one attached hydrogen (secondary N) is 1. The number of piperidine rings is 1. The zero-order valence-corrected chi connectivity index (χ0v) is 18.4. The molecule has 2 atom stereocenters. The number of rotatable bonds is 3. The van der Waals surface area contributed by atoms with Gasteiger partial charge in [0.25, 0.3) is 11.8 Å². The van der Waals surface area contributed by atoms with Gasteiger partial charge in [0.1, 0.15) is 0 Å². The topological polar surface area (TPSA) is 49.4 Å². The van der Waals surface area contributed by atoms with Crippen LogP contribution in [0.2, 0.25) is 0 Å². The maximum Gasteiger partial charge on any atom is 0.254 e. The molecular weight excluding hydrogens is 384 g/mol. The van der Waals surface area contributed by atoms with E-state index in [1.807, 2.05) is 36.4 Å². The van der Waals surface area contributed by atoms with E-state index in [0.29, 0.717) is 17.5 Å². The lowest BCUT2D eigenvalue weighted by Gasteiger charge is -2.44. The Labute approximate surface area is 185 Å². The fraction of sp³-hybridized carbons (Fsp3) is 0.556. The normalized spacial score (nSPS) is 24.6. The molecule has 164 valence electrons. The molecule has 3 fully saturated rings. The number of fused-ring (bicyclic) bond motifs is 2. The molecule has 0 spiro atoms. The highest BCUT2D eigenvalue weighted by Crippen LogP contribution is 2.36. The van der Waals surface area contributed by atoms with Crippen LogP contribution in [0.1, 0.15) is 91.3 Å². The van der Waals surface area contributed by atoms with E-state index in [1.54, 1.807) is 0 Å². The third-order valence-electron chi connectivity index (χ3n) is 7.84. The summed E-state index contributed by atoms with van der Waals surface area (Å²) in [5.41, 5.74) is 1.43. The lowest BCUT2D eigenvalue weighted by Crippen LogP contribution is -2.49. The zero-order chi connectivity index (χ0) is 21.2. The van der Waals surface area contributed by atoms with Gasteiger partial charge < -0.3 is 10.2 Å². The highest BCUT2D eigenvalue weighted by atomic mass is 16.2. The van der Waals surface area contributed by atoms with Crippen LogP contribution in [0.3, 0.4) is 0 Å². The molecule has 5 rings (SSSR count). The molecule has 2 aromatic carbocycles. The SMILES string of the molecule is O=C(NC1CCCCC1)c1ccc(C(=O)N2CCC[C@@H]3CCCC[C@@H]32)c2ccccc12. The minimum Gasteiger partial charge on any atom is -0.349 e. The van der Waals surface area contributed by atoms with E-state index in [-0.39, 0.29) is 17.9 Å².